The second kappa shape index (κ2) is 11.1. The molecule has 3 rings (SSSR count). The van der Waals surface area contributed by atoms with E-state index < -0.39 is 30.4 Å². The van der Waals surface area contributed by atoms with Crippen LogP contribution in [0, 0.1) is 0 Å². The van der Waals surface area contributed by atoms with Crippen LogP contribution in [0.1, 0.15) is 0 Å². The van der Waals surface area contributed by atoms with E-state index in [-0.39, 0.29) is 14.7 Å². The van der Waals surface area contributed by atoms with Gasteiger partial charge >= 0.3 is 0 Å². The van der Waals surface area contributed by atoms with E-state index in [9.17, 15) is 25.3 Å². The average Bonchev–Trinajstić information content (AvgIpc) is 2.68. The third-order valence-electron chi connectivity index (χ3n) is 3.53. The molecule has 0 aromatic heterocycles. The van der Waals surface area contributed by atoms with Crippen LogP contribution in [-0.2, 0) is 30.4 Å². The maximum atomic E-state index is 10.5. The molecule has 0 amide bonds. The number of benzene rings is 3. The lowest BCUT2D eigenvalue weighted by atomic mass is 10.3. The summed E-state index contributed by atoms with van der Waals surface area (Å²) in [5.74, 6) is 0. The van der Waals surface area contributed by atoms with Gasteiger partial charge in [-0.15, -0.1) is 0 Å². The normalized spacial score (nSPS) is 11.4. The highest BCUT2D eigenvalue weighted by atomic mass is 32.2. The van der Waals surface area contributed by atoms with Crippen molar-refractivity contribution in [2.75, 3.05) is 17.2 Å². The topological polar surface area (TPSA) is 241 Å². The molecule has 180 valence electrons. The monoisotopic (exact) mass is 519 g/mol. The van der Waals surface area contributed by atoms with Gasteiger partial charge in [0.05, 0.1) is 14.7 Å². The summed E-state index contributed by atoms with van der Waals surface area (Å²) >= 11 is 0. The molecule has 12 nitrogen and oxygen atoms in total. The van der Waals surface area contributed by atoms with E-state index in [1.807, 2.05) is 0 Å². The van der Waals surface area contributed by atoms with Gasteiger partial charge in [0.25, 0.3) is 30.4 Å². The smallest absolute Gasteiger partial charge is 0.294 e. The number of anilines is 3. The first kappa shape index (κ1) is 27.8. The molecular weight excluding hydrogens is 498 g/mol. The van der Waals surface area contributed by atoms with Crippen LogP contribution in [-0.4, -0.2) is 38.9 Å². The molecular formula is C18H21N3O9S3. The maximum absolute atomic E-state index is 10.5. The molecule has 0 aliphatic rings. The van der Waals surface area contributed by atoms with Crippen LogP contribution in [0.5, 0.6) is 0 Å². The highest BCUT2D eigenvalue weighted by molar-refractivity contribution is 7.86. The van der Waals surface area contributed by atoms with Crippen LogP contribution in [0.25, 0.3) is 0 Å². The number of hydrogen-bond donors (Lipinski definition) is 6. The summed E-state index contributed by atoms with van der Waals surface area (Å²) in [7, 11) is -12.2. The van der Waals surface area contributed by atoms with Gasteiger partial charge in [0.15, 0.2) is 0 Å². The fraction of sp³-hybridized carbons (Fsp3) is 0. The SMILES string of the molecule is Nc1ccc(S(=O)(=O)O)cc1.Nc1ccc(S(=O)(=O)O)cc1.Nc1ccc(S(=O)(=O)O)cc1. The van der Waals surface area contributed by atoms with Crippen LogP contribution in [0.2, 0.25) is 0 Å². The average molecular weight is 520 g/mol. The summed E-state index contributed by atoms with van der Waals surface area (Å²) in [6, 6.07) is 15.9. The summed E-state index contributed by atoms with van der Waals surface area (Å²) in [6.07, 6.45) is 0. The van der Waals surface area contributed by atoms with Crippen molar-refractivity contribution in [3.63, 3.8) is 0 Å². The quantitative estimate of drug-likeness (QED) is 0.213. The van der Waals surface area contributed by atoms with Gasteiger partial charge in [0.1, 0.15) is 0 Å². The van der Waals surface area contributed by atoms with Crippen LogP contribution >= 0.6 is 0 Å². The minimum absolute atomic E-state index is 0.147. The first-order valence-electron chi connectivity index (χ1n) is 8.49. The van der Waals surface area contributed by atoms with Crippen molar-refractivity contribution in [2.45, 2.75) is 14.7 Å². The Hall–Kier alpha value is -3.21. The van der Waals surface area contributed by atoms with Gasteiger partial charge in [0, 0.05) is 17.1 Å². The molecule has 3 aromatic carbocycles. The molecule has 0 fully saturated rings. The predicted molar refractivity (Wildman–Crippen MR) is 122 cm³/mol. The van der Waals surface area contributed by atoms with Gasteiger partial charge in [-0.2, -0.15) is 25.3 Å². The first-order valence-corrected chi connectivity index (χ1v) is 12.8. The van der Waals surface area contributed by atoms with Gasteiger partial charge in [0.2, 0.25) is 0 Å². The molecule has 0 aliphatic heterocycles. The highest BCUT2D eigenvalue weighted by Crippen LogP contribution is 2.12. The summed E-state index contributed by atoms with van der Waals surface area (Å²) in [6.45, 7) is 0. The van der Waals surface area contributed by atoms with Crippen molar-refractivity contribution >= 4 is 47.4 Å². The van der Waals surface area contributed by atoms with Crippen molar-refractivity contribution in [1.82, 2.24) is 0 Å². The summed E-state index contributed by atoms with van der Waals surface area (Å²) < 4.78 is 88.3. The fourth-order valence-corrected chi connectivity index (χ4v) is 3.36. The lowest BCUT2D eigenvalue weighted by Crippen LogP contribution is -1.97. The molecule has 0 heterocycles. The van der Waals surface area contributed by atoms with Crippen molar-refractivity contribution in [3.8, 4) is 0 Å². The van der Waals surface area contributed by atoms with Gasteiger partial charge in [-0.25, -0.2) is 0 Å². The second-order valence-electron chi connectivity index (χ2n) is 6.13. The third-order valence-corrected chi connectivity index (χ3v) is 6.14. The Kier molecular flexibility index (Phi) is 9.34. The van der Waals surface area contributed by atoms with Gasteiger partial charge in [-0.1, -0.05) is 0 Å². The minimum Gasteiger partial charge on any atom is -0.399 e. The molecule has 0 spiro atoms. The molecule has 15 heteroatoms. The van der Waals surface area contributed by atoms with Gasteiger partial charge in [-0.3, -0.25) is 13.7 Å². The highest BCUT2D eigenvalue weighted by Gasteiger charge is 2.08. The summed E-state index contributed by atoms with van der Waals surface area (Å²) in [5.41, 5.74) is 17.2. The number of nitrogens with two attached hydrogens (primary N) is 3. The van der Waals surface area contributed by atoms with Crippen LogP contribution < -0.4 is 17.2 Å². The van der Waals surface area contributed by atoms with E-state index in [0.717, 1.165) is 0 Å². The number of hydrogen-bond acceptors (Lipinski definition) is 9. The van der Waals surface area contributed by atoms with Gasteiger partial charge in [-0.05, 0) is 72.8 Å². The lowest BCUT2D eigenvalue weighted by Gasteiger charge is -1.95. The van der Waals surface area contributed by atoms with E-state index >= 15 is 0 Å². The fourth-order valence-electron chi connectivity index (χ4n) is 1.92. The Balaban J connectivity index is 0.000000247. The van der Waals surface area contributed by atoms with E-state index in [4.69, 9.17) is 30.9 Å². The van der Waals surface area contributed by atoms with Crippen LogP contribution in [0.3, 0.4) is 0 Å². The second-order valence-corrected chi connectivity index (χ2v) is 10.4. The zero-order chi connectivity index (χ0) is 25.4. The molecule has 33 heavy (non-hydrogen) atoms. The van der Waals surface area contributed by atoms with Gasteiger partial charge < -0.3 is 17.2 Å². The minimum atomic E-state index is -4.08. The predicted octanol–water partition coefficient (Wildman–Crippen LogP) is 1.55. The van der Waals surface area contributed by atoms with E-state index in [1.54, 1.807) is 0 Å². The Bertz CT molecular complexity index is 1200. The summed E-state index contributed by atoms with van der Waals surface area (Å²) in [5, 5.41) is 0. The standard InChI is InChI=1S/3C6H7NO3S/c3*7-5-1-3-6(4-2-5)11(8,9)10/h3*1-4H,7H2,(H,8,9,10). The van der Waals surface area contributed by atoms with Crippen molar-refractivity contribution < 1.29 is 38.9 Å². The molecule has 0 atom stereocenters. The Labute approximate surface area is 190 Å². The zero-order valence-electron chi connectivity index (χ0n) is 16.7. The summed E-state index contributed by atoms with van der Waals surface area (Å²) in [4.78, 5) is -0.440. The molecule has 0 saturated carbocycles. The largest absolute Gasteiger partial charge is 0.399 e. The molecule has 0 radical (unpaired) electrons. The third kappa shape index (κ3) is 10.3. The number of nitrogen functional groups attached to an aromatic ring is 3. The van der Waals surface area contributed by atoms with Crippen molar-refractivity contribution in [2.24, 2.45) is 0 Å². The molecule has 0 unspecified atom stereocenters. The molecule has 0 bridgehead atoms. The Morgan fingerprint density at radius 1 is 0.394 bits per heavy atom. The maximum Gasteiger partial charge on any atom is 0.294 e. The van der Waals surface area contributed by atoms with E-state index in [1.165, 1.54) is 72.8 Å². The van der Waals surface area contributed by atoms with Crippen molar-refractivity contribution in [1.29, 1.82) is 0 Å². The lowest BCUT2D eigenvalue weighted by molar-refractivity contribution is 0.481. The number of rotatable bonds is 3. The Morgan fingerprint density at radius 3 is 0.667 bits per heavy atom. The first-order chi connectivity index (χ1) is 15.0. The molecule has 0 aliphatic carbocycles. The molecule has 3 aromatic rings. The van der Waals surface area contributed by atoms with Crippen molar-refractivity contribution in [3.05, 3.63) is 72.8 Å². The van der Waals surface area contributed by atoms with E-state index in [2.05, 4.69) is 0 Å². The van der Waals surface area contributed by atoms with Crippen LogP contribution in [0.4, 0.5) is 17.1 Å². The van der Waals surface area contributed by atoms with Crippen LogP contribution in [0.15, 0.2) is 87.5 Å². The Morgan fingerprint density at radius 2 is 0.545 bits per heavy atom. The molecule has 0 saturated heterocycles. The van der Waals surface area contributed by atoms with E-state index in [0.29, 0.717) is 17.1 Å². The zero-order valence-corrected chi connectivity index (χ0v) is 19.1. The molecule has 9 N–H and O–H groups in total.